The average Bonchev–Trinajstić information content (AvgIpc) is 2.77. The Morgan fingerprint density at radius 3 is 2.94 bits per heavy atom. The Balaban J connectivity index is 0.00000162. The fourth-order valence-corrected chi connectivity index (χ4v) is 2.65. The van der Waals surface area contributed by atoms with Gasteiger partial charge >= 0.3 is 0 Å². The second-order valence-electron chi connectivity index (χ2n) is 4.94. The summed E-state index contributed by atoms with van der Waals surface area (Å²) in [6.07, 6.45) is 1.24. The largest absolute Gasteiger partial charge is 0.319 e. The van der Waals surface area contributed by atoms with Gasteiger partial charge in [-0.15, -0.1) is 12.4 Å². The van der Waals surface area contributed by atoms with Crippen LogP contribution in [-0.4, -0.2) is 31.6 Å². The van der Waals surface area contributed by atoms with Crippen LogP contribution >= 0.6 is 12.4 Å². The van der Waals surface area contributed by atoms with Crippen LogP contribution in [0.4, 0.5) is 4.39 Å². The minimum atomic E-state index is -0.139. The lowest BCUT2D eigenvalue weighted by Gasteiger charge is -2.24. The lowest BCUT2D eigenvalue weighted by atomic mass is 10.1. The Morgan fingerprint density at radius 1 is 1.50 bits per heavy atom. The number of likely N-dealkylation sites (tertiary alicyclic amines) is 1. The zero-order valence-electron chi connectivity index (χ0n) is 11.0. The number of rotatable bonds is 4. The molecule has 2 unspecified atom stereocenters. The molecule has 2 rings (SSSR count). The number of halogens is 2. The highest BCUT2D eigenvalue weighted by molar-refractivity contribution is 5.85. The van der Waals surface area contributed by atoms with Crippen molar-refractivity contribution >= 4 is 12.4 Å². The van der Waals surface area contributed by atoms with Crippen molar-refractivity contribution in [3.05, 3.63) is 35.6 Å². The van der Waals surface area contributed by atoms with Crippen molar-refractivity contribution in [2.75, 3.05) is 26.7 Å². The summed E-state index contributed by atoms with van der Waals surface area (Å²) in [7, 11) is 2.00. The molecule has 102 valence electrons. The maximum atomic E-state index is 13.2. The average molecular weight is 273 g/mol. The van der Waals surface area contributed by atoms with Gasteiger partial charge in [-0.05, 0) is 57.1 Å². The molecule has 0 bridgehead atoms. The van der Waals surface area contributed by atoms with Crippen molar-refractivity contribution in [1.82, 2.24) is 10.2 Å². The summed E-state index contributed by atoms with van der Waals surface area (Å²) in [6.45, 7) is 5.46. The maximum absolute atomic E-state index is 13.2. The molecule has 1 aromatic carbocycles. The van der Waals surface area contributed by atoms with Crippen molar-refractivity contribution in [2.24, 2.45) is 5.92 Å². The molecule has 18 heavy (non-hydrogen) atoms. The van der Waals surface area contributed by atoms with E-state index in [0.29, 0.717) is 6.04 Å². The van der Waals surface area contributed by atoms with Crippen LogP contribution in [0.25, 0.3) is 0 Å². The highest BCUT2D eigenvalue weighted by Gasteiger charge is 2.26. The van der Waals surface area contributed by atoms with Gasteiger partial charge in [0.15, 0.2) is 0 Å². The van der Waals surface area contributed by atoms with Gasteiger partial charge in [0.05, 0.1) is 0 Å². The van der Waals surface area contributed by atoms with E-state index in [4.69, 9.17) is 0 Å². The van der Waals surface area contributed by atoms with Gasteiger partial charge in [-0.25, -0.2) is 4.39 Å². The van der Waals surface area contributed by atoms with E-state index in [-0.39, 0.29) is 18.2 Å². The third kappa shape index (κ3) is 3.67. The van der Waals surface area contributed by atoms with Gasteiger partial charge in [0, 0.05) is 12.6 Å². The summed E-state index contributed by atoms with van der Waals surface area (Å²) in [6, 6.07) is 7.27. The van der Waals surface area contributed by atoms with Gasteiger partial charge in [0.1, 0.15) is 5.82 Å². The van der Waals surface area contributed by atoms with Crippen molar-refractivity contribution in [3.8, 4) is 0 Å². The molecule has 2 nitrogen and oxygen atoms in total. The molecule has 0 saturated carbocycles. The SMILES string of the molecule is CNCC1CCN(C(C)c2cccc(F)c2)C1.Cl. The Labute approximate surface area is 115 Å². The van der Waals surface area contributed by atoms with Gasteiger partial charge in [0.2, 0.25) is 0 Å². The molecule has 1 aromatic rings. The highest BCUT2D eigenvalue weighted by Crippen LogP contribution is 2.27. The fourth-order valence-electron chi connectivity index (χ4n) is 2.65. The molecule has 0 radical (unpaired) electrons. The zero-order valence-corrected chi connectivity index (χ0v) is 11.8. The lowest BCUT2D eigenvalue weighted by molar-refractivity contribution is 0.252. The Morgan fingerprint density at radius 2 is 2.28 bits per heavy atom. The molecule has 1 N–H and O–H groups in total. The molecule has 1 aliphatic heterocycles. The van der Waals surface area contributed by atoms with Crippen molar-refractivity contribution in [2.45, 2.75) is 19.4 Å². The van der Waals surface area contributed by atoms with Crippen LogP contribution in [0, 0.1) is 11.7 Å². The number of hydrogen-bond donors (Lipinski definition) is 1. The molecule has 2 atom stereocenters. The molecular formula is C14H22ClFN2. The second-order valence-corrected chi connectivity index (χ2v) is 4.94. The predicted octanol–water partition coefficient (Wildman–Crippen LogP) is 2.85. The minimum absolute atomic E-state index is 0. The summed E-state index contributed by atoms with van der Waals surface area (Å²) in [5, 5.41) is 3.23. The Bertz CT molecular complexity index is 373. The Hall–Kier alpha value is -0.640. The standard InChI is InChI=1S/C14H21FN2.ClH/c1-11(13-4-3-5-14(15)8-13)17-7-6-12(10-17)9-16-2;/h3-5,8,11-12,16H,6-7,9-10H2,1-2H3;1H. The molecule has 0 aromatic heterocycles. The molecule has 1 saturated heterocycles. The molecule has 0 amide bonds. The first kappa shape index (κ1) is 15.4. The van der Waals surface area contributed by atoms with E-state index in [1.165, 1.54) is 12.5 Å². The van der Waals surface area contributed by atoms with E-state index < -0.39 is 0 Å². The van der Waals surface area contributed by atoms with Crippen LogP contribution in [0.2, 0.25) is 0 Å². The van der Waals surface area contributed by atoms with Crippen LogP contribution in [-0.2, 0) is 0 Å². The Kier molecular flexibility index (Phi) is 6.06. The molecule has 1 aliphatic rings. The fraction of sp³-hybridized carbons (Fsp3) is 0.571. The van der Waals surface area contributed by atoms with E-state index in [9.17, 15) is 4.39 Å². The first-order valence-electron chi connectivity index (χ1n) is 6.35. The third-order valence-electron chi connectivity index (χ3n) is 3.69. The summed E-state index contributed by atoms with van der Waals surface area (Å²) >= 11 is 0. The smallest absolute Gasteiger partial charge is 0.123 e. The summed E-state index contributed by atoms with van der Waals surface area (Å²) in [4.78, 5) is 2.44. The van der Waals surface area contributed by atoms with E-state index in [1.54, 1.807) is 12.1 Å². The van der Waals surface area contributed by atoms with Crippen LogP contribution in [0.5, 0.6) is 0 Å². The normalized spacial score (nSPS) is 21.6. The first-order chi connectivity index (χ1) is 8.20. The van der Waals surface area contributed by atoms with E-state index in [2.05, 4.69) is 17.1 Å². The monoisotopic (exact) mass is 272 g/mol. The van der Waals surface area contributed by atoms with E-state index in [0.717, 1.165) is 31.1 Å². The van der Waals surface area contributed by atoms with Crippen LogP contribution in [0.15, 0.2) is 24.3 Å². The summed E-state index contributed by atoms with van der Waals surface area (Å²) in [5.41, 5.74) is 1.08. The van der Waals surface area contributed by atoms with Crippen LogP contribution in [0.1, 0.15) is 24.9 Å². The number of nitrogens with zero attached hydrogens (tertiary/aromatic N) is 1. The molecule has 0 aliphatic carbocycles. The number of benzene rings is 1. The van der Waals surface area contributed by atoms with Gasteiger partial charge in [-0.2, -0.15) is 0 Å². The van der Waals surface area contributed by atoms with Crippen molar-refractivity contribution in [1.29, 1.82) is 0 Å². The second kappa shape index (κ2) is 7.07. The van der Waals surface area contributed by atoms with Crippen LogP contribution < -0.4 is 5.32 Å². The van der Waals surface area contributed by atoms with Crippen molar-refractivity contribution < 1.29 is 4.39 Å². The molecule has 1 heterocycles. The van der Waals surface area contributed by atoms with Gasteiger partial charge in [-0.1, -0.05) is 12.1 Å². The van der Waals surface area contributed by atoms with Gasteiger partial charge < -0.3 is 5.32 Å². The first-order valence-corrected chi connectivity index (χ1v) is 6.35. The van der Waals surface area contributed by atoms with E-state index >= 15 is 0 Å². The minimum Gasteiger partial charge on any atom is -0.319 e. The molecular weight excluding hydrogens is 251 g/mol. The lowest BCUT2D eigenvalue weighted by Crippen LogP contribution is -2.27. The quantitative estimate of drug-likeness (QED) is 0.907. The molecule has 0 spiro atoms. The van der Waals surface area contributed by atoms with Gasteiger partial charge in [-0.3, -0.25) is 4.90 Å². The van der Waals surface area contributed by atoms with Crippen molar-refractivity contribution in [3.63, 3.8) is 0 Å². The maximum Gasteiger partial charge on any atom is 0.123 e. The topological polar surface area (TPSA) is 15.3 Å². The molecule has 4 heteroatoms. The number of hydrogen-bond acceptors (Lipinski definition) is 2. The third-order valence-corrected chi connectivity index (χ3v) is 3.69. The predicted molar refractivity (Wildman–Crippen MR) is 75.7 cm³/mol. The zero-order chi connectivity index (χ0) is 12.3. The summed E-state index contributed by atoms with van der Waals surface area (Å²) < 4.78 is 13.2. The van der Waals surface area contributed by atoms with E-state index in [1.807, 2.05) is 13.1 Å². The number of nitrogens with one attached hydrogen (secondary N) is 1. The highest BCUT2D eigenvalue weighted by atomic mass is 35.5. The summed E-state index contributed by atoms with van der Waals surface area (Å²) in [5.74, 6) is 0.594. The van der Waals surface area contributed by atoms with Crippen LogP contribution in [0.3, 0.4) is 0 Å². The van der Waals surface area contributed by atoms with Gasteiger partial charge in [0.25, 0.3) is 0 Å². The molecule has 1 fully saturated rings.